The first kappa shape index (κ1) is 14.8. The van der Waals surface area contributed by atoms with Gasteiger partial charge in [-0.05, 0) is 18.6 Å². The molecule has 1 aromatic rings. The molecule has 0 heterocycles. The van der Waals surface area contributed by atoms with Crippen molar-refractivity contribution in [2.75, 3.05) is 25.7 Å². The first-order chi connectivity index (χ1) is 8.46. The minimum absolute atomic E-state index is 0.0887. The van der Waals surface area contributed by atoms with Crippen LogP contribution in [0.5, 0.6) is 11.5 Å². The topological polar surface area (TPSA) is 72.8 Å². The largest absolute Gasteiger partial charge is 0.497 e. The van der Waals surface area contributed by atoms with E-state index in [0.29, 0.717) is 23.5 Å². The molecule has 1 aromatic carbocycles. The molecule has 1 rings (SSSR count). The molecule has 0 aromatic heterocycles. The van der Waals surface area contributed by atoms with Crippen LogP contribution in [0.15, 0.2) is 18.2 Å². The van der Waals surface area contributed by atoms with Crippen molar-refractivity contribution in [3.05, 3.63) is 23.8 Å². The number of hydrogen-bond donors (Lipinski definition) is 1. The minimum Gasteiger partial charge on any atom is -0.497 e. The summed E-state index contributed by atoms with van der Waals surface area (Å²) in [5, 5.41) is 9.15. The summed E-state index contributed by atoms with van der Waals surface area (Å²) < 4.78 is 32.4. The molecular formula is C12H18O5S. The van der Waals surface area contributed by atoms with E-state index in [1.54, 1.807) is 25.3 Å². The number of ether oxygens (including phenoxy) is 2. The normalized spacial score (nSPS) is 11.3. The first-order valence-corrected chi connectivity index (χ1v) is 7.60. The zero-order chi connectivity index (χ0) is 13.6. The minimum atomic E-state index is -2.96. The van der Waals surface area contributed by atoms with Gasteiger partial charge < -0.3 is 14.6 Å². The Balaban J connectivity index is 2.60. The van der Waals surface area contributed by atoms with E-state index in [0.717, 1.165) is 0 Å². The molecule has 6 heteroatoms. The molecular weight excluding hydrogens is 256 g/mol. The Kier molecular flexibility index (Phi) is 5.43. The fourth-order valence-corrected chi connectivity index (χ4v) is 2.07. The van der Waals surface area contributed by atoms with Crippen molar-refractivity contribution in [2.24, 2.45) is 0 Å². The predicted octanol–water partition coefficient (Wildman–Crippen LogP) is 1.00. The monoisotopic (exact) mass is 274 g/mol. The van der Waals surface area contributed by atoms with Crippen LogP contribution in [-0.2, 0) is 16.4 Å². The van der Waals surface area contributed by atoms with E-state index < -0.39 is 9.84 Å². The zero-order valence-electron chi connectivity index (χ0n) is 10.5. The zero-order valence-corrected chi connectivity index (χ0v) is 11.4. The number of benzene rings is 1. The van der Waals surface area contributed by atoms with Crippen molar-refractivity contribution < 1.29 is 23.0 Å². The van der Waals surface area contributed by atoms with Crippen molar-refractivity contribution in [2.45, 2.75) is 13.0 Å². The van der Waals surface area contributed by atoms with Crippen LogP contribution in [-0.4, -0.2) is 39.2 Å². The second-order valence-electron chi connectivity index (χ2n) is 3.96. The molecule has 0 saturated heterocycles. The lowest BCUT2D eigenvalue weighted by molar-refractivity contribution is 0.262. The number of hydrogen-bond acceptors (Lipinski definition) is 5. The predicted molar refractivity (Wildman–Crippen MR) is 68.7 cm³/mol. The maximum absolute atomic E-state index is 11.0. The number of aliphatic hydroxyl groups is 1. The average molecular weight is 274 g/mol. The molecule has 18 heavy (non-hydrogen) atoms. The standard InChI is InChI=1S/C12H18O5S/c1-16-11-5-4-10(9-13)12(8-11)17-6-3-7-18(2,14)15/h4-5,8,13H,3,6-7,9H2,1-2H3. The molecule has 0 amide bonds. The Labute approximate surface area is 107 Å². The molecule has 0 atom stereocenters. The molecule has 0 saturated carbocycles. The summed E-state index contributed by atoms with van der Waals surface area (Å²) >= 11 is 0. The molecule has 0 fully saturated rings. The third-order valence-corrected chi connectivity index (χ3v) is 3.39. The summed E-state index contributed by atoms with van der Waals surface area (Å²) in [4.78, 5) is 0. The van der Waals surface area contributed by atoms with E-state index in [-0.39, 0.29) is 19.0 Å². The van der Waals surface area contributed by atoms with Gasteiger partial charge in [0.1, 0.15) is 21.3 Å². The molecule has 0 spiro atoms. The molecule has 0 bridgehead atoms. The molecule has 0 aliphatic carbocycles. The van der Waals surface area contributed by atoms with Gasteiger partial charge in [-0.2, -0.15) is 0 Å². The summed E-state index contributed by atoms with van der Waals surface area (Å²) in [5.74, 6) is 1.24. The summed E-state index contributed by atoms with van der Waals surface area (Å²) in [6.07, 6.45) is 1.61. The Bertz CT molecular complexity index is 481. The van der Waals surface area contributed by atoms with E-state index >= 15 is 0 Å². The highest BCUT2D eigenvalue weighted by molar-refractivity contribution is 7.90. The van der Waals surface area contributed by atoms with Gasteiger partial charge in [0.2, 0.25) is 0 Å². The highest BCUT2D eigenvalue weighted by Gasteiger charge is 2.06. The fourth-order valence-electron chi connectivity index (χ4n) is 1.43. The second-order valence-corrected chi connectivity index (χ2v) is 6.22. The van der Waals surface area contributed by atoms with Crippen LogP contribution in [0.25, 0.3) is 0 Å². The van der Waals surface area contributed by atoms with Gasteiger partial charge in [-0.3, -0.25) is 0 Å². The van der Waals surface area contributed by atoms with E-state index in [2.05, 4.69) is 0 Å². The quantitative estimate of drug-likeness (QED) is 0.751. The van der Waals surface area contributed by atoms with Gasteiger partial charge in [-0.15, -0.1) is 0 Å². The summed E-state index contributed by atoms with van der Waals surface area (Å²) in [6, 6.07) is 5.12. The smallest absolute Gasteiger partial charge is 0.147 e. The molecule has 0 aliphatic heterocycles. The van der Waals surface area contributed by atoms with Crippen LogP contribution < -0.4 is 9.47 Å². The van der Waals surface area contributed by atoms with E-state index in [4.69, 9.17) is 14.6 Å². The molecule has 0 radical (unpaired) electrons. The average Bonchev–Trinajstić information content (AvgIpc) is 2.33. The SMILES string of the molecule is COc1ccc(CO)c(OCCCS(C)(=O)=O)c1. The van der Waals surface area contributed by atoms with Crippen LogP contribution >= 0.6 is 0 Å². The molecule has 5 nitrogen and oxygen atoms in total. The van der Waals surface area contributed by atoms with Gasteiger partial charge in [0, 0.05) is 17.9 Å². The highest BCUT2D eigenvalue weighted by atomic mass is 32.2. The summed E-state index contributed by atoms with van der Waals surface area (Å²) in [6.45, 7) is 0.151. The summed E-state index contributed by atoms with van der Waals surface area (Å²) in [5.41, 5.74) is 0.648. The van der Waals surface area contributed by atoms with Crippen molar-refractivity contribution in [1.82, 2.24) is 0 Å². The van der Waals surface area contributed by atoms with Gasteiger partial charge in [0.15, 0.2) is 0 Å². The Morgan fingerprint density at radius 1 is 1.33 bits per heavy atom. The number of sulfone groups is 1. The van der Waals surface area contributed by atoms with Crippen LogP contribution in [0, 0.1) is 0 Å². The van der Waals surface area contributed by atoms with Gasteiger partial charge in [-0.1, -0.05) is 0 Å². The maximum atomic E-state index is 11.0. The molecule has 102 valence electrons. The lowest BCUT2D eigenvalue weighted by Gasteiger charge is -2.11. The highest BCUT2D eigenvalue weighted by Crippen LogP contribution is 2.24. The van der Waals surface area contributed by atoms with Crippen molar-refractivity contribution in [3.8, 4) is 11.5 Å². The van der Waals surface area contributed by atoms with Crippen LogP contribution in [0.1, 0.15) is 12.0 Å². The lowest BCUT2D eigenvalue weighted by atomic mass is 10.2. The third kappa shape index (κ3) is 4.93. The third-order valence-electron chi connectivity index (χ3n) is 2.36. The van der Waals surface area contributed by atoms with Crippen molar-refractivity contribution >= 4 is 9.84 Å². The Hall–Kier alpha value is -1.27. The number of methoxy groups -OCH3 is 1. The van der Waals surface area contributed by atoms with Crippen LogP contribution in [0.3, 0.4) is 0 Å². The van der Waals surface area contributed by atoms with Gasteiger partial charge >= 0.3 is 0 Å². The van der Waals surface area contributed by atoms with Crippen LogP contribution in [0.2, 0.25) is 0 Å². The Morgan fingerprint density at radius 3 is 2.61 bits per heavy atom. The van der Waals surface area contributed by atoms with E-state index in [9.17, 15) is 8.42 Å². The van der Waals surface area contributed by atoms with Crippen LogP contribution in [0.4, 0.5) is 0 Å². The molecule has 0 unspecified atom stereocenters. The van der Waals surface area contributed by atoms with Gasteiger partial charge in [-0.25, -0.2) is 8.42 Å². The second kappa shape index (κ2) is 6.61. The van der Waals surface area contributed by atoms with E-state index in [1.165, 1.54) is 6.26 Å². The maximum Gasteiger partial charge on any atom is 0.147 e. The number of aliphatic hydroxyl groups excluding tert-OH is 1. The van der Waals surface area contributed by atoms with Gasteiger partial charge in [0.25, 0.3) is 0 Å². The number of rotatable bonds is 7. The molecule has 0 aliphatic rings. The van der Waals surface area contributed by atoms with Gasteiger partial charge in [0.05, 0.1) is 26.1 Å². The Morgan fingerprint density at radius 2 is 2.06 bits per heavy atom. The molecule has 1 N–H and O–H groups in total. The van der Waals surface area contributed by atoms with E-state index in [1.807, 2.05) is 0 Å². The first-order valence-electron chi connectivity index (χ1n) is 5.54. The van der Waals surface area contributed by atoms with Crippen molar-refractivity contribution in [1.29, 1.82) is 0 Å². The lowest BCUT2D eigenvalue weighted by Crippen LogP contribution is -2.08. The summed E-state index contributed by atoms with van der Waals surface area (Å²) in [7, 11) is -1.42. The fraction of sp³-hybridized carbons (Fsp3) is 0.500. The van der Waals surface area contributed by atoms with Crippen molar-refractivity contribution in [3.63, 3.8) is 0 Å².